The number of unbranched alkanes of at least 4 members (excludes halogenated alkanes) is 2. The fraction of sp³-hybridized carbons (Fsp3) is 0.900. The van der Waals surface area contributed by atoms with Crippen molar-refractivity contribution in [2.24, 2.45) is 5.73 Å². The molecule has 3 nitrogen and oxygen atoms in total. The molecule has 0 rings (SSSR count). The highest BCUT2D eigenvalue weighted by atomic mass is 127. The number of carbonyl (C=O) groups excluding carboxylic acids is 1. The second kappa shape index (κ2) is 8.47. The smallest absolute Gasteiger partial charge is 0.239 e. The normalized spacial score (nSPS) is 12.6. The Hall–Kier alpha value is 0.160. The number of halogens is 1. The van der Waals surface area contributed by atoms with Crippen LogP contribution in [0.2, 0.25) is 0 Å². The molecule has 1 amide bonds. The lowest BCUT2D eigenvalue weighted by atomic mass is 10.1. The van der Waals surface area contributed by atoms with E-state index in [9.17, 15) is 4.79 Å². The fourth-order valence-electron chi connectivity index (χ4n) is 1.26. The van der Waals surface area contributed by atoms with E-state index >= 15 is 0 Å². The zero-order chi connectivity index (χ0) is 11.0. The van der Waals surface area contributed by atoms with Gasteiger partial charge in [-0.1, -0.05) is 48.8 Å². The van der Waals surface area contributed by atoms with Crippen LogP contribution < -0.4 is 5.73 Å². The van der Waals surface area contributed by atoms with Gasteiger partial charge in [-0.25, -0.2) is 0 Å². The second-order valence-corrected chi connectivity index (χ2v) is 4.63. The zero-order valence-corrected chi connectivity index (χ0v) is 11.3. The Morgan fingerprint density at radius 1 is 1.50 bits per heavy atom. The number of carbonyl (C=O) groups is 1. The maximum atomic E-state index is 11.6. The molecular formula is C10H21IN2O. The minimum atomic E-state index is -0.297. The third-order valence-corrected chi connectivity index (χ3v) is 2.71. The number of nitrogens with zero attached hydrogens (tertiary/aromatic N) is 1. The molecule has 0 saturated heterocycles. The lowest BCUT2D eigenvalue weighted by molar-refractivity contribution is -0.131. The molecule has 0 aliphatic heterocycles. The molecular weight excluding hydrogens is 291 g/mol. The van der Waals surface area contributed by atoms with Crippen LogP contribution in [0.1, 0.15) is 32.6 Å². The largest absolute Gasteiger partial charge is 0.344 e. The Labute approximate surface area is 101 Å². The molecule has 0 bridgehead atoms. The average Bonchev–Trinajstić information content (AvgIpc) is 2.17. The van der Waals surface area contributed by atoms with Gasteiger partial charge in [0.15, 0.2) is 0 Å². The third-order valence-electron chi connectivity index (χ3n) is 2.23. The quantitative estimate of drug-likeness (QED) is 0.442. The van der Waals surface area contributed by atoms with Crippen molar-refractivity contribution >= 4 is 28.5 Å². The van der Waals surface area contributed by atoms with Crippen LogP contribution in [0.3, 0.4) is 0 Å². The minimum Gasteiger partial charge on any atom is -0.344 e. The predicted molar refractivity (Wildman–Crippen MR) is 68.6 cm³/mol. The molecule has 0 fully saturated rings. The number of rotatable bonds is 7. The molecule has 84 valence electrons. The number of likely N-dealkylation sites (N-methyl/N-ethyl adjacent to an activating group) is 1. The predicted octanol–water partition coefficient (Wildman–Crippen LogP) is 1.79. The summed E-state index contributed by atoms with van der Waals surface area (Å²) in [6.07, 6.45) is 4.21. The van der Waals surface area contributed by atoms with E-state index in [-0.39, 0.29) is 11.9 Å². The van der Waals surface area contributed by atoms with Crippen molar-refractivity contribution in [2.75, 3.05) is 18.0 Å². The Morgan fingerprint density at radius 2 is 2.14 bits per heavy atom. The minimum absolute atomic E-state index is 0.0813. The molecule has 0 heterocycles. The Kier molecular flexibility index (Phi) is 8.56. The van der Waals surface area contributed by atoms with Crippen molar-refractivity contribution in [3.63, 3.8) is 0 Å². The first-order valence-corrected chi connectivity index (χ1v) is 6.72. The van der Waals surface area contributed by atoms with Gasteiger partial charge in [0.2, 0.25) is 5.91 Å². The summed E-state index contributed by atoms with van der Waals surface area (Å²) >= 11 is 2.26. The summed E-state index contributed by atoms with van der Waals surface area (Å²) in [6.45, 7) is 2.94. The van der Waals surface area contributed by atoms with Crippen LogP contribution in [0, 0.1) is 0 Å². The maximum Gasteiger partial charge on any atom is 0.239 e. The summed E-state index contributed by atoms with van der Waals surface area (Å²) in [6, 6.07) is -0.297. The Morgan fingerprint density at radius 3 is 2.64 bits per heavy atom. The lowest BCUT2D eigenvalue weighted by Gasteiger charge is -2.20. The van der Waals surface area contributed by atoms with Crippen LogP contribution in [0.5, 0.6) is 0 Å². The Balaban J connectivity index is 3.74. The van der Waals surface area contributed by atoms with Crippen molar-refractivity contribution < 1.29 is 4.79 Å². The molecule has 0 aliphatic carbocycles. The first-order chi connectivity index (χ1) is 6.63. The van der Waals surface area contributed by atoms with Gasteiger partial charge in [0, 0.05) is 18.0 Å². The van der Waals surface area contributed by atoms with E-state index in [1.807, 2.05) is 7.05 Å². The average molecular weight is 312 g/mol. The summed E-state index contributed by atoms with van der Waals surface area (Å²) in [4.78, 5) is 13.3. The summed E-state index contributed by atoms with van der Waals surface area (Å²) in [5.41, 5.74) is 5.80. The van der Waals surface area contributed by atoms with Crippen LogP contribution in [-0.2, 0) is 4.79 Å². The van der Waals surface area contributed by atoms with Crippen LogP contribution in [0.25, 0.3) is 0 Å². The van der Waals surface area contributed by atoms with Gasteiger partial charge in [-0.2, -0.15) is 0 Å². The second-order valence-electron chi connectivity index (χ2n) is 3.55. The number of alkyl halides is 1. The monoisotopic (exact) mass is 312 g/mol. The molecule has 0 spiro atoms. The third kappa shape index (κ3) is 5.80. The molecule has 0 radical (unpaired) electrons. The fourth-order valence-corrected chi connectivity index (χ4v) is 1.98. The van der Waals surface area contributed by atoms with E-state index in [0.717, 1.165) is 30.2 Å². The van der Waals surface area contributed by atoms with E-state index in [1.165, 1.54) is 6.42 Å². The summed E-state index contributed by atoms with van der Waals surface area (Å²) < 4.78 is 0.960. The molecule has 2 N–H and O–H groups in total. The summed E-state index contributed by atoms with van der Waals surface area (Å²) in [5.74, 6) is 0.0813. The first-order valence-electron chi connectivity index (χ1n) is 5.20. The highest BCUT2D eigenvalue weighted by Crippen LogP contribution is 2.04. The van der Waals surface area contributed by atoms with Gasteiger partial charge < -0.3 is 10.6 Å². The van der Waals surface area contributed by atoms with Crippen LogP contribution in [0.15, 0.2) is 0 Å². The molecule has 0 saturated carbocycles. The van der Waals surface area contributed by atoms with Crippen LogP contribution in [-0.4, -0.2) is 34.9 Å². The van der Waals surface area contributed by atoms with Crippen molar-refractivity contribution in [1.82, 2.24) is 4.90 Å². The number of hydrogen-bond acceptors (Lipinski definition) is 2. The van der Waals surface area contributed by atoms with E-state index in [1.54, 1.807) is 4.90 Å². The van der Waals surface area contributed by atoms with E-state index in [4.69, 9.17) is 5.73 Å². The van der Waals surface area contributed by atoms with Gasteiger partial charge in [0.25, 0.3) is 0 Å². The van der Waals surface area contributed by atoms with Crippen molar-refractivity contribution in [3.05, 3.63) is 0 Å². The van der Waals surface area contributed by atoms with E-state index in [2.05, 4.69) is 29.5 Å². The number of nitrogens with two attached hydrogens (primary N) is 1. The molecule has 0 aromatic rings. The van der Waals surface area contributed by atoms with E-state index < -0.39 is 0 Å². The molecule has 1 atom stereocenters. The van der Waals surface area contributed by atoms with Gasteiger partial charge in [-0.15, -0.1) is 0 Å². The molecule has 0 aliphatic rings. The van der Waals surface area contributed by atoms with Crippen molar-refractivity contribution in [2.45, 2.75) is 38.6 Å². The molecule has 0 aromatic carbocycles. The topological polar surface area (TPSA) is 46.3 Å². The Bertz CT molecular complexity index is 164. The first kappa shape index (κ1) is 14.2. The molecule has 0 aromatic heterocycles. The maximum absolute atomic E-state index is 11.6. The molecule has 4 heteroatoms. The SMILES string of the molecule is CCCCCC(N)C(=O)N(C)CCI. The number of amides is 1. The van der Waals surface area contributed by atoms with Gasteiger partial charge >= 0.3 is 0 Å². The van der Waals surface area contributed by atoms with Gasteiger partial charge in [0.1, 0.15) is 0 Å². The number of hydrogen-bond donors (Lipinski definition) is 1. The van der Waals surface area contributed by atoms with Crippen molar-refractivity contribution in [3.8, 4) is 0 Å². The standard InChI is InChI=1S/C10H21IN2O/c1-3-4-5-6-9(12)10(14)13(2)8-7-11/h9H,3-8,12H2,1-2H3. The van der Waals surface area contributed by atoms with Gasteiger partial charge in [-0.3, -0.25) is 4.79 Å². The molecule has 1 unspecified atom stereocenters. The molecule has 14 heavy (non-hydrogen) atoms. The van der Waals surface area contributed by atoms with Gasteiger partial charge in [0.05, 0.1) is 6.04 Å². The summed E-state index contributed by atoms with van der Waals surface area (Å²) in [7, 11) is 1.82. The van der Waals surface area contributed by atoms with Crippen LogP contribution >= 0.6 is 22.6 Å². The van der Waals surface area contributed by atoms with Gasteiger partial charge in [-0.05, 0) is 6.42 Å². The van der Waals surface area contributed by atoms with Crippen molar-refractivity contribution in [1.29, 1.82) is 0 Å². The summed E-state index contributed by atoms with van der Waals surface area (Å²) in [5, 5.41) is 0. The van der Waals surface area contributed by atoms with E-state index in [0.29, 0.717) is 0 Å². The lowest BCUT2D eigenvalue weighted by Crippen LogP contribution is -2.42. The zero-order valence-electron chi connectivity index (χ0n) is 9.13. The van der Waals surface area contributed by atoms with Crippen LogP contribution in [0.4, 0.5) is 0 Å². The highest BCUT2D eigenvalue weighted by molar-refractivity contribution is 14.1. The highest BCUT2D eigenvalue weighted by Gasteiger charge is 2.16.